The molecule has 0 bridgehead atoms. The van der Waals surface area contributed by atoms with Gasteiger partial charge >= 0.3 is 0 Å². The van der Waals surface area contributed by atoms with Crippen LogP contribution < -0.4 is 18.9 Å². The van der Waals surface area contributed by atoms with Crippen molar-refractivity contribution in [3.05, 3.63) is 116 Å². The normalized spacial score (nSPS) is 11.6. The van der Waals surface area contributed by atoms with E-state index < -0.39 is 0 Å². The van der Waals surface area contributed by atoms with Gasteiger partial charge in [0.05, 0.1) is 28.4 Å². The van der Waals surface area contributed by atoms with Crippen LogP contribution in [0.4, 0.5) is 0 Å². The summed E-state index contributed by atoms with van der Waals surface area (Å²) in [6.45, 7) is 0. The summed E-state index contributed by atoms with van der Waals surface area (Å²) in [7, 11) is 6.76. The average Bonchev–Trinajstić information content (AvgIpc) is 2.90. The van der Waals surface area contributed by atoms with Crippen molar-refractivity contribution in [3.8, 4) is 23.0 Å². The minimum atomic E-state index is -0.188. The molecular formula is C30H28Br2O4. The second kappa shape index (κ2) is 11.8. The van der Waals surface area contributed by atoms with Gasteiger partial charge in [-0.15, -0.1) is 0 Å². The van der Waals surface area contributed by atoms with Crippen molar-refractivity contribution in [2.45, 2.75) is 12.3 Å². The number of halogens is 2. The second-order valence-corrected chi connectivity index (χ2v) is 10.1. The van der Waals surface area contributed by atoms with Gasteiger partial charge in [0.15, 0.2) is 0 Å². The molecule has 36 heavy (non-hydrogen) atoms. The van der Waals surface area contributed by atoms with Crippen LogP contribution in [0.1, 0.15) is 33.7 Å². The maximum absolute atomic E-state index is 5.98. The van der Waals surface area contributed by atoms with E-state index in [4.69, 9.17) is 18.9 Å². The molecule has 0 fully saturated rings. The molecule has 0 aliphatic rings. The highest BCUT2D eigenvalue weighted by Crippen LogP contribution is 2.45. The lowest BCUT2D eigenvalue weighted by atomic mass is 9.83. The monoisotopic (exact) mass is 610 g/mol. The highest BCUT2D eigenvalue weighted by Gasteiger charge is 2.26. The van der Waals surface area contributed by atoms with E-state index in [-0.39, 0.29) is 5.92 Å². The number of rotatable bonds is 9. The fourth-order valence-electron chi connectivity index (χ4n) is 4.46. The van der Waals surface area contributed by atoms with Crippen LogP contribution in [0.15, 0.2) is 87.8 Å². The molecule has 6 heteroatoms. The zero-order valence-electron chi connectivity index (χ0n) is 20.7. The Morgan fingerprint density at radius 3 is 1.94 bits per heavy atom. The zero-order chi connectivity index (χ0) is 25.7. The van der Waals surface area contributed by atoms with Crippen LogP contribution in [0.3, 0.4) is 0 Å². The first-order chi connectivity index (χ1) is 17.5. The third-order valence-corrected chi connectivity index (χ3v) is 7.20. The lowest BCUT2D eigenvalue weighted by Gasteiger charge is -2.25. The molecule has 4 aromatic carbocycles. The van der Waals surface area contributed by atoms with Crippen molar-refractivity contribution in [1.29, 1.82) is 0 Å². The van der Waals surface area contributed by atoms with E-state index in [1.807, 2.05) is 42.5 Å². The molecule has 0 N–H and O–H groups in total. The highest BCUT2D eigenvalue weighted by molar-refractivity contribution is 9.10. The molecule has 0 aliphatic heterocycles. The quantitative estimate of drug-likeness (QED) is 0.180. The molecular weight excluding hydrogens is 584 g/mol. The minimum absolute atomic E-state index is 0.188. The Balaban J connectivity index is 1.92. The molecule has 4 rings (SSSR count). The Kier molecular flexibility index (Phi) is 8.60. The van der Waals surface area contributed by atoms with Gasteiger partial charge in [0.2, 0.25) is 0 Å². The van der Waals surface area contributed by atoms with Gasteiger partial charge < -0.3 is 18.9 Å². The summed E-state index contributed by atoms with van der Waals surface area (Å²) in [5.74, 6) is 2.91. The summed E-state index contributed by atoms with van der Waals surface area (Å²) in [6.07, 6.45) is 0.713. The zero-order valence-corrected chi connectivity index (χ0v) is 23.9. The molecule has 0 heterocycles. The second-order valence-electron chi connectivity index (χ2n) is 8.31. The molecule has 4 aromatic rings. The molecule has 0 aromatic heterocycles. The fourth-order valence-corrected chi connectivity index (χ4v) is 5.17. The van der Waals surface area contributed by atoms with Gasteiger partial charge in [-0.25, -0.2) is 0 Å². The highest BCUT2D eigenvalue weighted by atomic mass is 79.9. The molecule has 0 saturated heterocycles. The van der Waals surface area contributed by atoms with E-state index in [0.29, 0.717) is 6.42 Å². The molecule has 186 valence electrons. The summed E-state index contributed by atoms with van der Waals surface area (Å²) in [5.41, 5.74) is 5.25. The number of methoxy groups -OCH3 is 4. The van der Waals surface area contributed by atoms with Crippen LogP contribution in [-0.4, -0.2) is 28.4 Å². The molecule has 0 radical (unpaired) electrons. The van der Waals surface area contributed by atoms with E-state index in [2.05, 4.69) is 68.3 Å². The number of hydrogen-bond donors (Lipinski definition) is 0. The first-order valence-electron chi connectivity index (χ1n) is 11.4. The summed E-state index contributed by atoms with van der Waals surface area (Å²) >= 11 is 7.13. The van der Waals surface area contributed by atoms with Gasteiger partial charge in [0.1, 0.15) is 23.0 Å². The predicted octanol–water partition coefficient (Wildman–Crippen LogP) is 8.02. The fraction of sp³-hybridized carbons (Fsp3) is 0.200. The van der Waals surface area contributed by atoms with Crippen molar-refractivity contribution in [1.82, 2.24) is 0 Å². The third-order valence-electron chi connectivity index (χ3n) is 6.18. The average molecular weight is 612 g/mol. The summed E-state index contributed by atoms with van der Waals surface area (Å²) < 4.78 is 25.3. The van der Waals surface area contributed by atoms with Crippen LogP contribution in [0, 0.1) is 0 Å². The van der Waals surface area contributed by atoms with E-state index in [9.17, 15) is 0 Å². The smallest absolute Gasteiger partial charge is 0.123 e. The molecule has 1 atom stereocenters. The van der Waals surface area contributed by atoms with E-state index in [1.54, 1.807) is 28.4 Å². The summed E-state index contributed by atoms with van der Waals surface area (Å²) in [5, 5.41) is 0. The van der Waals surface area contributed by atoms with Gasteiger partial charge in [-0.1, -0.05) is 56.1 Å². The Morgan fingerprint density at radius 2 is 1.31 bits per heavy atom. The van der Waals surface area contributed by atoms with Crippen LogP contribution >= 0.6 is 31.9 Å². The van der Waals surface area contributed by atoms with Gasteiger partial charge in [0.25, 0.3) is 0 Å². The van der Waals surface area contributed by atoms with Crippen LogP contribution in [0.2, 0.25) is 0 Å². The van der Waals surface area contributed by atoms with E-state index >= 15 is 0 Å². The largest absolute Gasteiger partial charge is 0.497 e. The molecule has 4 nitrogen and oxygen atoms in total. The number of hydrogen-bond acceptors (Lipinski definition) is 4. The minimum Gasteiger partial charge on any atom is -0.497 e. The third kappa shape index (κ3) is 5.71. The van der Waals surface area contributed by atoms with Crippen molar-refractivity contribution in [2.24, 2.45) is 0 Å². The SMILES string of the molecule is COc1ccc(OC)c(C(c2ccc(Br)cc2)c2cc(OC)c(Cc3cccc(Br)c3)cc2OC)c1. The van der Waals surface area contributed by atoms with Crippen LogP contribution in [-0.2, 0) is 6.42 Å². The summed E-state index contributed by atoms with van der Waals surface area (Å²) in [6, 6.07) is 26.6. The first kappa shape index (κ1) is 26.1. The topological polar surface area (TPSA) is 36.9 Å². The lowest BCUT2D eigenvalue weighted by Crippen LogP contribution is -2.09. The molecule has 0 amide bonds. The van der Waals surface area contributed by atoms with Crippen LogP contribution in [0.25, 0.3) is 0 Å². The molecule has 0 aliphatic carbocycles. The van der Waals surface area contributed by atoms with Gasteiger partial charge in [-0.2, -0.15) is 0 Å². The van der Waals surface area contributed by atoms with E-state index in [1.165, 1.54) is 5.56 Å². The molecule has 1 unspecified atom stereocenters. The van der Waals surface area contributed by atoms with Crippen molar-refractivity contribution in [3.63, 3.8) is 0 Å². The Bertz CT molecular complexity index is 1340. The Hall–Kier alpha value is -2.96. The van der Waals surface area contributed by atoms with Gasteiger partial charge in [-0.05, 0) is 65.7 Å². The Labute approximate surface area is 229 Å². The summed E-state index contributed by atoms with van der Waals surface area (Å²) in [4.78, 5) is 0. The van der Waals surface area contributed by atoms with Gasteiger partial charge in [0, 0.05) is 38.0 Å². The van der Waals surface area contributed by atoms with Crippen molar-refractivity contribution >= 4 is 31.9 Å². The Morgan fingerprint density at radius 1 is 0.611 bits per heavy atom. The van der Waals surface area contributed by atoms with Crippen molar-refractivity contribution in [2.75, 3.05) is 28.4 Å². The van der Waals surface area contributed by atoms with E-state index in [0.717, 1.165) is 54.2 Å². The van der Waals surface area contributed by atoms with Gasteiger partial charge in [-0.3, -0.25) is 0 Å². The van der Waals surface area contributed by atoms with Crippen LogP contribution in [0.5, 0.6) is 23.0 Å². The first-order valence-corrected chi connectivity index (χ1v) is 13.0. The number of benzene rings is 4. The maximum Gasteiger partial charge on any atom is 0.123 e. The molecule has 0 spiro atoms. The predicted molar refractivity (Wildman–Crippen MR) is 151 cm³/mol. The standard InChI is InChI=1S/C30H28Br2O4/c1-33-24-12-13-27(34-2)25(17-24)30(20-8-10-22(31)11-9-20)26-18-28(35-3)21(16-29(26)36-4)14-19-6-5-7-23(32)15-19/h5-13,15-18,30H,14H2,1-4H3. The maximum atomic E-state index is 5.98. The molecule has 0 saturated carbocycles. The number of ether oxygens (including phenoxy) is 4. The lowest BCUT2D eigenvalue weighted by molar-refractivity contribution is 0.390. The van der Waals surface area contributed by atoms with Crippen molar-refractivity contribution < 1.29 is 18.9 Å².